The van der Waals surface area contributed by atoms with E-state index in [1.807, 2.05) is 5.32 Å². The first kappa shape index (κ1) is 15.7. The molecule has 0 unspecified atom stereocenters. The number of anilines is 1. The van der Waals surface area contributed by atoms with E-state index in [1.54, 1.807) is 0 Å². The number of nitro benzene ring substituents is 1. The highest BCUT2D eigenvalue weighted by atomic mass is 19.4. The minimum absolute atomic E-state index is 0.347. The summed E-state index contributed by atoms with van der Waals surface area (Å²) in [6.07, 6.45) is -5.72. The summed E-state index contributed by atoms with van der Waals surface area (Å²) in [5.74, 6) is -2.89. The molecular formula is C10H8F4N2O4. The van der Waals surface area contributed by atoms with Gasteiger partial charge in [-0.05, 0) is 6.07 Å². The van der Waals surface area contributed by atoms with Crippen molar-refractivity contribution in [2.45, 2.75) is 12.6 Å². The number of nitrogens with zero attached hydrogens (tertiary/aromatic N) is 1. The molecule has 0 aromatic heterocycles. The van der Waals surface area contributed by atoms with Gasteiger partial charge in [0, 0.05) is 6.54 Å². The number of aromatic carboxylic acids is 1. The molecule has 20 heavy (non-hydrogen) atoms. The molecule has 0 amide bonds. The number of carbonyl (C=O) groups is 1. The molecule has 0 fully saturated rings. The molecule has 1 aromatic carbocycles. The molecule has 10 heteroatoms. The third-order valence-corrected chi connectivity index (χ3v) is 2.24. The molecule has 0 saturated carbocycles. The second kappa shape index (κ2) is 5.72. The van der Waals surface area contributed by atoms with Gasteiger partial charge in [0.25, 0.3) is 5.69 Å². The van der Waals surface area contributed by atoms with Crippen LogP contribution >= 0.6 is 0 Å². The van der Waals surface area contributed by atoms with Gasteiger partial charge in [-0.15, -0.1) is 0 Å². The fourth-order valence-electron chi connectivity index (χ4n) is 1.36. The summed E-state index contributed by atoms with van der Waals surface area (Å²) in [4.78, 5) is 20.2. The van der Waals surface area contributed by atoms with Crippen LogP contribution in [0.3, 0.4) is 0 Å². The largest absolute Gasteiger partial charge is 0.477 e. The van der Waals surface area contributed by atoms with Crippen molar-refractivity contribution in [1.29, 1.82) is 0 Å². The van der Waals surface area contributed by atoms with Crippen molar-refractivity contribution in [3.05, 3.63) is 33.6 Å². The van der Waals surface area contributed by atoms with Gasteiger partial charge >= 0.3 is 12.1 Å². The molecule has 2 N–H and O–H groups in total. The van der Waals surface area contributed by atoms with Crippen LogP contribution < -0.4 is 5.32 Å². The first-order valence-corrected chi connectivity index (χ1v) is 5.13. The number of benzene rings is 1. The topological polar surface area (TPSA) is 92.5 Å². The smallest absolute Gasteiger partial charge is 0.390 e. The van der Waals surface area contributed by atoms with E-state index in [0.29, 0.717) is 12.1 Å². The van der Waals surface area contributed by atoms with Crippen LogP contribution in [0.4, 0.5) is 28.9 Å². The average Bonchev–Trinajstić information content (AvgIpc) is 2.28. The molecule has 0 aliphatic rings. The van der Waals surface area contributed by atoms with Gasteiger partial charge in [0.05, 0.1) is 23.1 Å². The Bertz CT molecular complexity index is 545. The van der Waals surface area contributed by atoms with E-state index >= 15 is 0 Å². The highest BCUT2D eigenvalue weighted by molar-refractivity contribution is 5.93. The predicted octanol–water partition coefficient (Wildman–Crippen LogP) is 2.80. The van der Waals surface area contributed by atoms with Gasteiger partial charge in [-0.3, -0.25) is 10.1 Å². The Kier molecular flexibility index (Phi) is 4.48. The van der Waals surface area contributed by atoms with Crippen LogP contribution in [-0.4, -0.2) is 28.7 Å². The zero-order valence-corrected chi connectivity index (χ0v) is 9.70. The molecule has 0 saturated heterocycles. The van der Waals surface area contributed by atoms with Gasteiger partial charge in [-0.25, -0.2) is 9.18 Å². The maximum atomic E-state index is 13.4. The summed E-state index contributed by atoms with van der Waals surface area (Å²) < 4.78 is 49.2. The van der Waals surface area contributed by atoms with Crippen LogP contribution in [-0.2, 0) is 0 Å². The summed E-state index contributed by atoms with van der Waals surface area (Å²) >= 11 is 0. The van der Waals surface area contributed by atoms with Gasteiger partial charge in [0.15, 0.2) is 5.82 Å². The van der Waals surface area contributed by atoms with Crippen molar-refractivity contribution in [3.8, 4) is 0 Å². The lowest BCUT2D eigenvalue weighted by molar-refractivity contribution is -0.385. The average molecular weight is 296 g/mol. The summed E-state index contributed by atoms with van der Waals surface area (Å²) in [7, 11) is 0. The van der Waals surface area contributed by atoms with Crippen molar-refractivity contribution in [1.82, 2.24) is 0 Å². The monoisotopic (exact) mass is 296 g/mol. The van der Waals surface area contributed by atoms with Crippen LogP contribution in [0.1, 0.15) is 16.8 Å². The fraction of sp³-hybridized carbons (Fsp3) is 0.300. The van der Waals surface area contributed by atoms with Crippen molar-refractivity contribution in [2.24, 2.45) is 0 Å². The molecular weight excluding hydrogens is 288 g/mol. The van der Waals surface area contributed by atoms with E-state index in [2.05, 4.69) is 0 Å². The Morgan fingerprint density at radius 3 is 2.45 bits per heavy atom. The zero-order valence-electron chi connectivity index (χ0n) is 9.70. The van der Waals surface area contributed by atoms with Crippen molar-refractivity contribution < 1.29 is 32.4 Å². The first-order chi connectivity index (χ1) is 9.11. The van der Waals surface area contributed by atoms with Crippen LogP contribution in [0.15, 0.2) is 12.1 Å². The van der Waals surface area contributed by atoms with Crippen molar-refractivity contribution >= 4 is 17.3 Å². The third-order valence-electron chi connectivity index (χ3n) is 2.24. The van der Waals surface area contributed by atoms with E-state index in [1.165, 1.54) is 0 Å². The lowest BCUT2D eigenvalue weighted by atomic mass is 10.1. The first-order valence-electron chi connectivity index (χ1n) is 5.13. The molecule has 1 rings (SSSR count). The molecule has 0 radical (unpaired) electrons. The predicted molar refractivity (Wildman–Crippen MR) is 59.2 cm³/mol. The lowest BCUT2D eigenvalue weighted by Gasteiger charge is -2.10. The number of rotatable bonds is 5. The Balaban J connectivity index is 3.01. The zero-order chi connectivity index (χ0) is 15.5. The van der Waals surface area contributed by atoms with Gasteiger partial charge in [-0.1, -0.05) is 0 Å². The summed E-state index contributed by atoms with van der Waals surface area (Å²) in [6, 6.07) is 0.936. The SMILES string of the molecule is O=C(O)c1cc(NCCC(F)(F)F)c(F)cc1[N+](=O)[O-]. The molecule has 0 aliphatic heterocycles. The second-order valence-electron chi connectivity index (χ2n) is 3.70. The summed E-state index contributed by atoms with van der Waals surface area (Å²) in [6.45, 7) is -0.683. The molecule has 0 spiro atoms. The molecule has 6 nitrogen and oxygen atoms in total. The highest BCUT2D eigenvalue weighted by Crippen LogP contribution is 2.27. The van der Waals surface area contributed by atoms with Gasteiger partial charge in [0.2, 0.25) is 0 Å². The summed E-state index contributed by atoms with van der Waals surface area (Å²) in [5.41, 5.74) is -2.33. The van der Waals surface area contributed by atoms with E-state index in [9.17, 15) is 32.5 Å². The molecule has 110 valence electrons. The standard InChI is InChI=1S/C10H8F4N2O4/c11-6-4-8(16(19)20)5(9(17)18)3-7(6)15-2-1-10(12,13)14/h3-4,15H,1-2H2,(H,17,18). The minimum atomic E-state index is -4.46. The number of nitro groups is 1. The van der Waals surface area contributed by atoms with Crippen molar-refractivity contribution in [2.75, 3.05) is 11.9 Å². The second-order valence-corrected chi connectivity index (χ2v) is 3.70. The number of carboxylic acid groups (broad SMARTS) is 1. The van der Waals surface area contributed by atoms with E-state index in [4.69, 9.17) is 5.11 Å². The molecule has 1 aromatic rings. The Morgan fingerprint density at radius 1 is 1.40 bits per heavy atom. The molecule has 0 heterocycles. The Hall–Kier alpha value is -2.39. The van der Waals surface area contributed by atoms with Crippen LogP contribution in [0, 0.1) is 15.9 Å². The number of carboxylic acids is 1. The normalized spacial score (nSPS) is 11.2. The lowest BCUT2D eigenvalue weighted by Crippen LogP contribution is -2.15. The van der Waals surface area contributed by atoms with E-state index in [0.717, 1.165) is 0 Å². The van der Waals surface area contributed by atoms with Gasteiger partial charge < -0.3 is 10.4 Å². The molecule has 0 bridgehead atoms. The van der Waals surface area contributed by atoms with Gasteiger partial charge in [-0.2, -0.15) is 13.2 Å². The maximum Gasteiger partial charge on any atom is 0.390 e. The van der Waals surface area contributed by atoms with Crippen LogP contribution in [0.5, 0.6) is 0 Å². The number of nitrogens with one attached hydrogen (secondary N) is 1. The Morgan fingerprint density at radius 2 is 2.00 bits per heavy atom. The van der Waals surface area contributed by atoms with Crippen molar-refractivity contribution in [3.63, 3.8) is 0 Å². The minimum Gasteiger partial charge on any atom is -0.477 e. The number of hydrogen-bond donors (Lipinski definition) is 2. The number of hydrogen-bond acceptors (Lipinski definition) is 4. The number of halogens is 4. The molecule has 0 atom stereocenters. The highest BCUT2D eigenvalue weighted by Gasteiger charge is 2.27. The van der Waals surface area contributed by atoms with E-state index < -0.39 is 52.8 Å². The summed E-state index contributed by atoms with van der Waals surface area (Å²) in [5, 5.41) is 21.3. The molecule has 0 aliphatic carbocycles. The van der Waals surface area contributed by atoms with Crippen LogP contribution in [0.25, 0.3) is 0 Å². The fourth-order valence-corrected chi connectivity index (χ4v) is 1.36. The Labute approximate surface area is 109 Å². The quantitative estimate of drug-likeness (QED) is 0.495. The maximum absolute atomic E-state index is 13.4. The van der Waals surface area contributed by atoms with Crippen LogP contribution in [0.2, 0.25) is 0 Å². The van der Waals surface area contributed by atoms with Gasteiger partial charge in [0.1, 0.15) is 5.56 Å². The van der Waals surface area contributed by atoms with E-state index in [-0.39, 0.29) is 0 Å². The third kappa shape index (κ3) is 4.07. The number of alkyl halides is 3.